The van der Waals surface area contributed by atoms with E-state index >= 15 is 0 Å². The van der Waals surface area contributed by atoms with Gasteiger partial charge in [-0.25, -0.2) is 0 Å². The summed E-state index contributed by atoms with van der Waals surface area (Å²) < 4.78 is 0. The number of nitrogen functional groups attached to an aromatic ring is 1. The minimum Gasteiger partial charge on any atom is -0.398 e. The number of amides is 1. The van der Waals surface area contributed by atoms with E-state index < -0.39 is 0 Å². The van der Waals surface area contributed by atoms with Crippen LogP contribution in [0.4, 0.5) is 5.69 Å². The lowest BCUT2D eigenvalue weighted by atomic mass is 10.1. The number of benzene rings is 2. The van der Waals surface area contributed by atoms with Gasteiger partial charge in [0.15, 0.2) is 0 Å². The fraction of sp³-hybridized carbons (Fsp3) is 0.188. The first kappa shape index (κ1) is 15.7. The second-order valence-electron chi connectivity index (χ2n) is 4.93. The van der Waals surface area contributed by atoms with Gasteiger partial charge < -0.3 is 10.6 Å². The Morgan fingerprint density at radius 1 is 1.19 bits per heavy atom. The lowest BCUT2D eigenvalue weighted by Crippen LogP contribution is -2.27. The Kier molecular flexibility index (Phi) is 4.76. The fourth-order valence-corrected chi connectivity index (χ4v) is 2.40. The average molecular weight is 323 g/mol. The Morgan fingerprint density at radius 2 is 1.90 bits per heavy atom. The molecule has 0 atom stereocenters. The summed E-state index contributed by atoms with van der Waals surface area (Å²) in [7, 11) is 1.74. The normalized spacial score (nSPS) is 10.5. The highest BCUT2D eigenvalue weighted by molar-refractivity contribution is 6.42. The minimum absolute atomic E-state index is 0.0779. The first-order valence-corrected chi connectivity index (χ1v) is 7.20. The van der Waals surface area contributed by atoms with Crippen LogP contribution in [0.5, 0.6) is 0 Å². The monoisotopic (exact) mass is 322 g/mol. The third kappa shape index (κ3) is 3.49. The van der Waals surface area contributed by atoms with Gasteiger partial charge in [0.05, 0.1) is 10.0 Å². The maximum atomic E-state index is 12.5. The molecule has 0 heterocycles. The van der Waals surface area contributed by atoms with Crippen LogP contribution in [0.15, 0.2) is 36.4 Å². The van der Waals surface area contributed by atoms with E-state index in [1.165, 1.54) is 0 Å². The molecule has 0 bridgehead atoms. The van der Waals surface area contributed by atoms with Crippen molar-refractivity contribution in [3.63, 3.8) is 0 Å². The predicted octanol–water partition coefficient (Wildman–Crippen LogP) is 4.16. The molecule has 110 valence electrons. The van der Waals surface area contributed by atoms with E-state index in [-0.39, 0.29) is 5.91 Å². The van der Waals surface area contributed by atoms with E-state index in [1.54, 1.807) is 42.3 Å². The molecule has 2 rings (SSSR count). The molecule has 0 unspecified atom stereocenters. The highest BCUT2D eigenvalue weighted by atomic mass is 35.5. The Labute approximate surface area is 134 Å². The van der Waals surface area contributed by atoms with Crippen molar-refractivity contribution in [2.75, 3.05) is 12.8 Å². The third-order valence-electron chi connectivity index (χ3n) is 3.36. The summed E-state index contributed by atoms with van der Waals surface area (Å²) in [4.78, 5) is 14.1. The largest absolute Gasteiger partial charge is 0.398 e. The molecule has 0 radical (unpaired) electrons. The standard InChI is InChI=1S/C16H16Cl2N2O/c1-10-12(4-3-5-15(10)19)16(21)20(2)9-11-6-7-13(17)14(18)8-11/h3-8H,9,19H2,1-2H3. The van der Waals surface area contributed by atoms with Crippen LogP contribution >= 0.6 is 23.2 Å². The van der Waals surface area contributed by atoms with Crippen LogP contribution in [0, 0.1) is 6.92 Å². The van der Waals surface area contributed by atoms with Crippen molar-refractivity contribution in [1.82, 2.24) is 4.90 Å². The highest BCUT2D eigenvalue weighted by Crippen LogP contribution is 2.24. The zero-order valence-electron chi connectivity index (χ0n) is 11.9. The lowest BCUT2D eigenvalue weighted by Gasteiger charge is -2.19. The first-order chi connectivity index (χ1) is 9.90. The smallest absolute Gasteiger partial charge is 0.254 e. The van der Waals surface area contributed by atoms with E-state index in [0.717, 1.165) is 11.1 Å². The van der Waals surface area contributed by atoms with E-state index in [9.17, 15) is 4.79 Å². The summed E-state index contributed by atoms with van der Waals surface area (Å²) in [6.07, 6.45) is 0. The van der Waals surface area contributed by atoms with Gasteiger partial charge in [-0.05, 0) is 42.3 Å². The van der Waals surface area contributed by atoms with Gasteiger partial charge >= 0.3 is 0 Å². The summed E-state index contributed by atoms with van der Waals surface area (Å²) in [6, 6.07) is 10.7. The van der Waals surface area contributed by atoms with E-state index in [2.05, 4.69) is 0 Å². The van der Waals surface area contributed by atoms with Crippen LogP contribution in [0.1, 0.15) is 21.5 Å². The topological polar surface area (TPSA) is 46.3 Å². The molecular weight excluding hydrogens is 307 g/mol. The number of hydrogen-bond donors (Lipinski definition) is 1. The molecule has 0 saturated carbocycles. The number of carbonyl (C=O) groups is 1. The molecule has 1 amide bonds. The molecule has 2 aromatic carbocycles. The Bertz CT molecular complexity index is 686. The molecule has 0 fully saturated rings. The van der Waals surface area contributed by atoms with Crippen molar-refractivity contribution in [3.05, 3.63) is 63.1 Å². The van der Waals surface area contributed by atoms with Crippen molar-refractivity contribution >= 4 is 34.8 Å². The number of nitrogens with two attached hydrogens (primary N) is 1. The van der Waals surface area contributed by atoms with E-state index in [0.29, 0.717) is 27.8 Å². The number of halogens is 2. The van der Waals surface area contributed by atoms with Crippen LogP contribution in [0.2, 0.25) is 10.0 Å². The van der Waals surface area contributed by atoms with Crippen molar-refractivity contribution in [3.8, 4) is 0 Å². The fourth-order valence-electron chi connectivity index (χ4n) is 2.07. The summed E-state index contributed by atoms with van der Waals surface area (Å²) in [5.74, 6) is -0.0779. The Balaban J connectivity index is 2.19. The number of carbonyl (C=O) groups excluding carboxylic acids is 1. The number of nitrogens with zero attached hydrogens (tertiary/aromatic N) is 1. The van der Waals surface area contributed by atoms with Gasteiger partial charge in [-0.1, -0.05) is 35.3 Å². The molecule has 0 aliphatic rings. The molecule has 5 heteroatoms. The number of anilines is 1. The summed E-state index contributed by atoms with van der Waals surface area (Å²) >= 11 is 11.9. The molecule has 2 N–H and O–H groups in total. The van der Waals surface area contributed by atoms with Gasteiger partial charge in [0.25, 0.3) is 5.91 Å². The van der Waals surface area contributed by atoms with Crippen LogP contribution in [0.25, 0.3) is 0 Å². The Morgan fingerprint density at radius 3 is 2.57 bits per heavy atom. The maximum absolute atomic E-state index is 12.5. The summed E-state index contributed by atoms with van der Waals surface area (Å²) in [5.41, 5.74) is 8.78. The minimum atomic E-state index is -0.0779. The zero-order chi connectivity index (χ0) is 15.6. The SMILES string of the molecule is Cc1c(N)cccc1C(=O)N(C)Cc1ccc(Cl)c(Cl)c1. The molecule has 0 aliphatic carbocycles. The van der Waals surface area contributed by atoms with Gasteiger partial charge in [0.1, 0.15) is 0 Å². The molecular formula is C16H16Cl2N2O. The van der Waals surface area contributed by atoms with Crippen molar-refractivity contribution < 1.29 is 4.79 Å². The molecule has 0 saturated heterocycles. The molecule has 0 aliphatic heterocycles. The quantitative estimate of drug-likeness (QED) is 0.862. The summed E-state index contributed by atoms with van der Waals surface area (Å²) in [5, 5.41) is 0.983. The molecule has 0 spiro atoms. The number of hydrogen-bond acceptors (Lipinski definition) is 2. The van der Waals surface area contributed by atoms with Crippen molar-refractivity contribution in [1.29, 1.82) is 0 Å². The van der Waals surface area contributed by atoms with Crippen LogP contribution in [0.3, 0.4) is 0 Å². The van der Waals surface area contributed by atoms with Gasteiger partial charge in [-0.15, -0.1) is 0 Å². The van der Waals surface area contributed by atoms with Crippen molar-refractivity contribution in [2.24, 2.45) is 0 Å². The third-order valence-corrected chi connectivity index (χ3v) is 4.10. The lowest BCUT2D eigenvalue weighted by molar-refractivity contribution is 0.0784. The van der Waals surface area contributed by atoms with E-state index in [4.69, 9.17) is 28.9 Å². The van der Waals surface area contributed by atoms with Crippen LogP contribution in [-0.4, -0.2) is 17.9 Å². The highest BCUT2D eigenvalue weighted by Gasteiger charge is 2.15. The van der Waals surface area contributed by atoms with Gasteiger partial charge in [0, 0.05) is 24.8 Å². The second-order valence-corrected chi connectivity index (χ2v) is 5.74. The predicted molar refractivity (Wildman–Crippen MR) is 87.9 cm³/mol. The van der Waals surface area contributed by atoms with Crippen molar-refractivity contribution in [2.45, 2.75) is 13.5 Å². The molecule has 0 aromatic heterocycles. The van der Waals surface area contributed by atoms with Gasteiger partial charge in [0.2, 0.25) is 0 Å². The maximum Gasteiger partial charge on any atom is 0.254 e. The zero-order valence-corrected chi connectivity index (χ0v) is 13.4. The Hall–Kier alpha value is -1.71. The molecule has 2 aromatic rings. The van der Waals surface area contributed by atoms with E-state index in [1.807, 2.05) is 13.0 Å². The second kappa shape index (κ2) is 6.37. The summed E-state index contributed by atoms with van der Waals surface area (Å²) in [6.45, 7) is 2.29. The van der Waals surface area contributed by atoms with Gasteiger partial charge in [-0.3, -0.25) is 4.79 Å². The molecule has 21 heavy (non-hydrogen) atoms. The number of rotatable bonds is 3. The van der Waals surface area contributed by atoms with Crippen LogP contribution in [-0.2, 0) is 6.54 Å². The van der Waals surface area contributed by atoms with Gasteiger partial charge in [-0.2, -0.15) is 0 Å². The molecule has 3 nitrogen and oxygen atoms in total. The average Bonchev–Trinajstić information content (AvgIpc) is 2.45. The van der Waals surface area contributed by atoms with Crippen LogP contribution < -0.4 is 5.73 Å². The first-order valence-electron chi connectivity index (χ1n) is 6.44.